The summed E-state index contributed by atoms with van der Waals surface area (Å²) < 4.78 is 0. The number of carbonyl (C=O) groups is 3. The molecule has 0 aromatic heterocycles. The zero-order chi connectivity index (χ0) is 15.1. The van der Waals surface area contributed by atoms with Gasteiger partial charge in [0.15, 0.2) is 0 Å². The van der Waals surface area contributed by atoms with Gasteiger partial charge in [0.2, 0.25) is 0 Å². The summed E-state index contributed by atoms with van der Waals surface area (Å²) in [6, 6.07) is -2.00. The maximum Gasteiger partial charge on any atom is 0.326 e. The minimum Gasteiger partial charge on any atom is -0.481 e. The van der Waals surface area contributed by atoms with Gasteiger partial charge in [0.05, 0.1) is 6.42 Å². The average Bonchev–Trinajstić information content (AvgIpc) is 2.38. The molecule has 1 fully saturated rings. The molecule has 0 aromatic carbocycles. The molecule has 4 N–H and O–H groups in total. The molecule has 1 aliphatic heterocycles. The molecule has 1 unspecified atom stereocenters. The fourth-order valence-corrected chi connectivity index (χ4v) is 2.28. The first kappa shape index (κ1) is 16.2. The number of carboxylic acids is 2. The van der Waals surface area contributed by atoms with Crippen molar-refractivity contribution in [3.8, 4) is 0 Å². The van der Waals surface area contributed by atoms with E-state index in [1.807, 2.05) is 0 Å². The Bertz CT molecular complexity index is 371. The van der Waals surface area contributed by atoms with E-state index in [0.717, 1.165) is 12.8 Å². The van der Waals surface area contributed by atoms with E-state index in [1.54, 1.807) is 0 Å². The number of rotatable bonds is 6. The highest BCUT2D eigenvalue weighted by Crippen LogP contribution is 2.19. The summed E-state index contributed by atoms with van der Waals surface area (Å²) in [5.74, 6) is -2.46. The molecule has 1 rings (SSSR count). The van der Waals surface area contributed by atoms with Crippen molar-refractivity contribution < 1.29 is 29.7 Å². The Labute approximate surface area is 116 Å². The molecule has 0 aliphatic carbocycles. The number of nitrogens with one attached hydrogen (secondary N) is 1. The molecule has 1 saturated heterocycles. The SMILES string of the molecule is O=C(O)C[C@@H](NC(=O)N1CCCC(CCO)C1)C(=O)O. The van der Waals surface area contributed by atoms with Crippen molar-refractivity contribution >= 4 is 18.0 Å². The molecule has 8 nitrogen and oxygen atoms in total. The summed E-state index contributed by atoms with van der Waals surface area (Å²) in [6.07, 6.45) is 1.65. The third-order valence-corrected chi connectivity index (χ3v) is 3.32. The van der Waals surface area contributed by atoms with Crippen molar-refractivity contribution in [3.05, 3.63) is 0 Å². The Balaban J connectivity index is 2.55. The molecule has 8 heteroatoms. The molecule has 0 bridgehead atoms. The van der Waals surface area contributed by atoms with Gasteiger partial charge in [-0.15, -0.1) is 0 Å². The number of carbonyl (C=O) groups excluding carboxylic acids is 1. The van der Waals surface area contributed by atoms with Gasteiger partial charge in [-0.2, -0.15) is 0 Å². The van der Waals surface area contributed by atoms with Crippen LogP contribution in [0.15, 0.2) is 0 Å². The maximum absolute atomic E-state index is 11.9. The van der Waals surface area contributed by atoms with Gasteiger partial charge >= 0.3 is 18.0 Å². The van der Waals surface area contributed by atoms with Crippen molar-refractivity contribution in [1.29, 1.82) is 0 Å². The van der Waals surface area contributed by atoms with Crippen LogP contribution in [0.1, 0.15) is 25.7 Å². The van der Waals surface area contributed by atoms with Crippen LogP contribution in [0.5, 0.6) is 0 Å². The Hall–Kier alpha value is -1.83. The van der Waals surface area contributed by atoms with E-state index in [0.29, 0.717) is 19.5 Å². The van der Waals surface area contributed by atoms with Crippen LogP contribution in [0.4, 0.5) is 4.79 Å². The summed E-state index contributed by atoms with van der Waals surface area (Å²) in [5, 5.41) is 28.6. The zero-order valence-corrected chi connectivity index (χ0v) is 11.1. The van der Waals surface area contributed by atoms with Gasteiger partial charge in [0.1, 0.15) is 6.04 Å². The number of likely N-dealkylation sites (tertiary alicyclic amines) is 1. The number of aliphatic hydroxyl groups excluding tert-OH is 1. The molecule has 0 radical (unpaired) electrons. The maximum atomic E-state index is 11.9. The van der Waals surface area contributed by atoms with Gasteiger partial charge in [-0.25, -0.2) is 9.59 Å². The average molecular weight is 288 g/mol. The monoisotopic (exact) mass is 288 g/mol. The molecule has 1 aliphatic rings. The fraction of sp³-hybridized carbons (Fsp3) is 0.750. The second-order valence-electron chi connectivity index (χ2n) is 4.90. The van der Waals surface area contributed by atoms with E-state index < -0.39 is 30.4 Å². The lowest BCUT2D eigenvalue weighted by atomic mass is 9.95. The van der Waals surface area contributed by atoms with Gasteiger partial charge in [0.25, 0.3) is 0 Å². The summed E-state index contributed by atoms with van der Waals surface area (Å²) in [6.45, 7) is 1.01. The van der Waals surface area contributed by atoms with E-state index in [2.05, 4.69) is 5.32 Å². The number of urea groups is 1. The van der Waals surface area contributed by atoms with Gasteiger partial charge in [0, 0.05) is 19.7 Å². The van der Waals surface area contributed by atoms with Crippen molar-refractivity contribution in [2.75, 3.05) is 19.7 Å². The lowest BCUT2D eigenvalue weighted by molar-refractivity contribution is -0.145. The van der Waals surface area contributed by atoms with E-state index in [-0.39, 0.29) is 12.5 Å². The molecule has 2 amide bonds. The molecule has 0 saturated carbocycles. The largest absolute Gasteiger partial charge is 0.481 e. The van der Waals surface area contributed by atoms with Crippen molar-refractivity contribution in [2.24, 2.45) is 5.92 Å². The Morgan fingerprint density at radius 3 is 2.55 bits per heavy atom. The number of hydrogen-bond donors (Lipinski definition) is 4. The fourth-order valence-electron chi connectivity index (χ4n) is 2.28. The van der Waals surface area contributed by atoms with E-state index >= 15 is 0 Å². The smallest absolute Gasteiger partial charge is 0.326 e. The zero-order valence-electron chi connectivity index (χ0n) is 11.1. The highest BCUT2D eigenvalue weighted by atomic mass is 16.4. The Morgan fingerprint density at radius 1 is 1.30 bits per heavy atom. The number of aliphatic hydroxyl groups is 1. The van der Waals surface area contributed by atoms with Crippen molar-refractivity contribution in [2.45, 2.75) is 31.7 Å². The lowest BCUT2D eigenvalue weighted by Gasteiger charge is -2.33. The van der Waals surface area contributed by atoms with Crippen LogP contribution >= 0.6 is 0 Å². The van der Waals surface area contributed by atoms with E-state index in [1.165, 1.54) is 4.90 Å². The van der Waals surface area contributed by atoms with Crippen LogP contribution in [-0.2, 0) is 9.59 Å². The molecular weight excluding hydrogens is 268 g/mol. The van der Waals surface area contributed by atoms with Crippen LogP contribution in [0, 0.1) is 5.92 Å². The van der Waals surface area contributed by atoms with Gasteiger partial charge in [-0.05, 0) is 25.2 Å². The molecular formula is C12H20N2O6. The second-order valence-corrected chi connectivity index (χ2v) is 4.90. The third-order valence-electron chi connectivity index (χ3n) is 3.32. The predicted octanol–water partition coefficient (Wildman–Crippen LogP) is -0.282. The van der Waals surface area contributed by atoms with Crippen molar-refractivity contribution in [1.82, 2.24) is 10.2 Å². The summed E-state index contributed by atoms with van der Waals surface area (Å²) in [7, 11) is 0. The first-order valence-electron chi connectivity index (χ1n) is 6.55. The minimum absolute atomic E-state index is 0.0525. The summed E-state index contributed by atoms with van der Waals surface area (Å²) >= 11 is 0. The number of hydrogen-bond acceptors (Lipinski definition) is 4. The molecule has 20 heavy (non-hydrogen) atoms. The highest BCUT2D eigenvalue weighted by Gasteiger charge is 2.28. The molecule has 0 aromatic rings. The topological polar surface area (TPSA) is 127 Å². The quantitative estimate of drug-likeness (QED) is 0.532. The first-order valence-corrected chi connectivity index (χ1v) is 6.55. The minimum atomic E-state index is -1.43. The van der Waals surface area contributed by atoms with Crippen LogP contribution in [0.2, 0.25) is 0 Å². The van der Waals surface area contributed by atoms with Gasteiger partial charge in [-0.3, -0.25) is 4.79 Å². The van der Waals surface area contributed by atoms with E-state index in [4.69, 9.17) is 15.3 Å². The second kappa shape index (κ2) is 7.68. The summed E-state index contributed by atoms with van der Waals surface area (Å²) in [4.78, 5) is 34.9. The normalized spacial score (nSPS) is 20.2. The number of carboxylic acid groups (broad SMARTS) is 2. The van der Waals surface area contributed by atoms with Crippen molar-refractivity contribution in [3.63, 3.8) is 0 Å². The Morgan fingerprint density at radius 2 is 2.00 bits per heavy atom. The Kier molecular flexibility index (Phi) is 6.23. The van der Waals surface area contributed by atoms with Crippen LogP contribution < -0.4 is 5.32 Å². The number of aliphatic carboxylic acids is 2. The van der Waals surface area contributed by atoms with E-state index in [9.17, 15) is 14.4 Å². The molecule has 1 heterocycles. The first-order chi connectivity index (χ1) is 9.43. The number of piperidine rings is 1. The number of nitrogens with zero attached hydrogens (tertiary/aromatic N) is 1. The number of amides is 2. The third kappa shape index (κ3) is 5.04. The van der Waals surface area contributed by atoms with Crippen LogP contribution in [0.3, 0.4) is 0 Å². The van der Waals surface area contributed by atoms with Crippen LogP contribution in [0.25, 0.3) is 0 Å². The molecule has 0 spiro atoms. The standard InChI is InChI=1S/C12H20N2O6/c15-5-3-8-2-1-4-14(7-8)12(20)13-9(11(18)19)6-10(16)17/h8-9,15H,1-7H2,(H,13,20)(H,16,17)(H,18,19)/t8?,9-/m1/s1. The van der Waals surface area contributed by atoms with Crippen LogP contribution in [-0.4, -0.2) is 63.9 Å². The predicted molar refractivity (Wildman–Crippen MR) is 68.2 cm³/mol. The molecule has 114 valence electrons. The molecule has 2 atom stereocenters. The van der Waals surface area contributed by atoms with Gasteiger partial charge in [-0.1, -0.05) is 0 Å². The highest BCUT2D eigenvalue weighted by molar-refractivity contribution is 5.86. The summed E-state index contributed by atoms with van der Waals surface area (Å²) in [5.41, 5.74) is 0. The van der Waals surface area contributed by atoms with Gasteiger partial charge < -0.3 is 25.5 Å². The lowest BCUT2D eigenvalue weighted by Crippen LogP contribution is -2.51.